The van der Waals surface area contributed by atoms with Gasteiger partial charge in [0.25, 0.3) is 0 Å². The molecule has 0 saturated carbocycles. The standard InChI is InChI=1S/C16H22FN3/c1-11(2)8-15(18)16-9-19-10-20(16)12(3)13-4-6-14(17)7-5-13/h4-7,9-12,15H,8,18H2,1-3H3. The molecule has 2 atom stereocenters. The Hall–Kier alpha value is -1.68. The number of benzene rings is 1. The Balaban J connectivity index is 2.24. The Morgan fingerprint density at radius 3 is 2.45 bits per heavy atom. The highest BCUT2D eigenvalue weighted by atomic mass is 19.1. The quantitative estimate of drug-likeness (QED) is 0.904. The normalized spacial score (nSPS) is 14.5. The van der Waals surface area contributed by atoms with Crippen LogP contribution >= 0.6 is 0 Å². The molecule has 0 radical (unpaired) electrons. The predicted octanol–water partition coefficient (Wildman–Crippen LogP) is 3.68. The minimum atomic E-state index is -0.219. The van der Waals surface area contributed by atoms with Crippen LogP contribution in [0, 0.1) is 11.7 Å². The van der Waals surface area contributed by atoms with E-state index in [4.69, 9.17) is 5.73 Å². The number of aromatic nitrogens is 2. The van der Waals surface area contributed by atoms with Gasteiger partial charge in [0.05, 0.1) is 18.1 Å². The molecule has 2 rings (SSSR count). The fraction of sp³-hybridized carbons (Fsp3) is 0.438. The Kier molecular flexibility index (Phi) is 4.55. The molecule has 20 heavy (non-hydrogen) atoms. The van der Waals surface area contributed by atoms with Crippen molar-refractivity contribution >= 4 is 0 Å². The Morgan fingerprint density at radius 2 is 1.85 bits per heavy atom. The lowest BCUT2D eigenvalue weighted by Crippen LogP contribution is -2.19. The number of rotatable bonds is 5. The van der Waals surface area contributed by atoms with Gasteiger partial charge in [-0.3, -0.25) is 0 Å². The first-order chi connectivity index (χ1) is 9.49. The highest BCUT2D eigenvalue weighted by Crippen LogP contribution is 2.25. The highest BCUT2D eigenvalue weighted by molar-refractivity contribution is 5.22. The second kappa shape index (κ2) is 6.18. The molecule has 1 aromatic carbocycles. The summed E-state index contributed by atoms with van der Waals surface area (Å²) in [4.78, 5) is 4.22. The predicted molar refractivity (Wildman–Crippen MR) is 78.8 cm³/mol. The number of halogens is 1. The van der Waals surface area contributed by atoms with E-state index in [0.717, 1.165) is 17.7 Å². The smallest absolute Gasteiger partial charge is 0.123 e. The summed E-state index contributed by atoms with van der Waals surface area (Å²) in [6.45, 7) is 6.38. The Labute approximate surface area is 119 Å². The van der Waals surface area contributed by atoms with Crippen LogP contribution in [0.25, 0.3) is 0 Å². The molecule has 108 valence electrons. The third kappa shape index (κ3) is 3.25. The summed E-state index contributed by atoms with van der Waals surface area (Å²) in [6, 6.07) is 6.63. The lowest BCUT2D eigenvalue weighted by Gasteiger charge is -2.21. The van der Waals surface area contributed by atoms with Gasteiger partial charge in [0.2, 0.25) is 0 Å². The van der Waals surface area contributed by atoms with Crippen LogP contribution in [0.4, 0.5) is 4.39 Å². The van der Waals surface area contributed by atoms with E-state index >= 15 is 0 Å². The van der Waals surface area contributed by atoms with Gasteiger partial charge >= 0.3 is 0 Å². The summed E-state index contributed by atoms with van der Waals surface area (Å²) in [7, 11) is 0. The zero-order valence-electron chi connectivity index (χ0n) is 12.3. The molecule has 0 spiro atoms. The SMILES string of the molecule is CC(C)CC(N)c1cncn1C(C)c1ccc(F)cc1. The maximum Gasteiger partial charge on any atom is 0.123 e. The monoisotopic (exact) mass is 275 g/mol. The number of hydrogen-bond donors (Lipinski definition) is 1. The molecule has 4 heteroatoms. The van der Waals surface area contributed by atoms with E-state index in [9.17, 15) is 4.39 Å². The Bertz CT molecular complexity index is 545. The molecule has 0 bridgehead atoms. The molecule has 2 N–H and O–H groups in total. The summed E-state index contributed by atoms with van der Waals surface area (Å²) in [5.41, 5.74) is 8.33. The van der Waals surface area contributed by atoms with Crippen LogP contribution in [0.5, 0.6) is 0 Å². The molecule has 2 unspecified atom stereocenters. The number of nitrogens with two attached hydrogens (primary N) is 1. The van der Waals surface area contributed by atoms with Crippen molar-refractivity contribution in [1.82, 2.24) is 9.55 Å². The van der Waals surface area contributed by atoms with Crippen molar-refractivity contribution in [2.75, 3.05) is 0 Å². The van der Waals surface area contributed by atoms with E-state index < -0.39 is 0 Å². The number of nitrogens with zero attached hydrogens (tertiary/aromatic N) is 2. The van der Waals surface area contributed by atoms with Crippen LogP contribution in [0.1, 0.15) is 50.5 Å². The van der Waals surface area contributed by atoms with Crippen molar-refractivity contribution in [2.24, 2.45) is 11.7 Å². The second-order valence-corrected chi connectivity index (χ2v) is 5.69. The topological polar surface area (TPSA) is 43.8 Å². The van der Waals surface area contributed by atoms with Gasteiger partial charge in [0, 0.05) is 12.2 Å². The summed E-state index contributed by atoms with van der Waals surface area (Å²) >= 11 is 0. The first kappa shape index (κ1) is 14.7. The molecule has 0 amide bonds. The number of hydrogen-bond acceptors (Lipinski definition) is 2. The van der Waals surface area contributed by atoms with E-state index in [1.165, 1.54) is 12.1 Å². The van der Waals surface area contributed by atoms with Crippen LogP contribution in [0.15, 0.2) is 36.8 Å². The van der Waals surface area contributed by atoms with Crippen molar-refractivity contribution in [1.29, 1.82) is 0 Å². The van der Waals surface area contributed by atoms with Crippen molar-refractivity contribution in [2.45, 2.75) is 39.3 Å². The van der Waals surface area contributed by atoms with Gasteiger partial charge in [-0.25, -0.2) is 9.37 Å². The largest absolute Gasteiger partial charge is 0.326 e. The maximum absolute atomic E-state index is 13.0. The van der Waals surface area contributed by atoms with Gasteiger partial charge in [0.15, 0.2) is 0 Å². The average molecular weight is 275 g/mol. The minimum Gasteiger partial charge on any atom is -0.326 e. The fourth-order valence-corrected chi connectivity index (χ4v) is 2.46. The molecular weight excluding hydrogens is 253 g/mol. The van der Waals surface area contributed by atoms with Crippen LogP contribution in [-0.2, 0) is 0 Å². The van der Waals surface area contributed by atoms with E-state index in [2.05, 4.69) is 30.3 Å². The molecule has 1 aromatic heterocycles. The van der Waals surface area contributed by atoms with Crippen LogP contribution in [-0.4, -0.2) is 9.55 Å². The molecular formula is C16H22FN3. The molecule has 0 aliphatic heterocycles. The molecule has 0 fully saturated rings. The van der Waals surface area contributed by atoms with Crippen molar-refractivity contribution in [3.05, 3.63) is 53.9 Å². The van der Waals surface area contributed by atoms with Crippen LogP contribution in [0.3, 0.4) is 0 Å². The molecule has 3 nitrogen and oxygen atoms in total. The van der Waals surface area contributed by atoms with Crippen molar-refractivity contribution in [3.63, 3.8) is 0 Å². The molecule has 0 aliphatic rings. The van der Waals surface area contributed by atoms with Crippen LogP contribution < -0.4 is 5.73 Å². The lowest BCUT2D eigenvalue weighted by molar-refractivity contribution is 0.475. The van der Waals surface area contributed by atoms with Gasteiger partial charge in [-0.05, 0) is 37.0 Å². The summed E-state index contributed by atoms with van der Waals surface area (Å²) in [5.74, 6) is 0.317. The summed E-state index contributed by atoms with van der Waals surface area (Å²) < 4.78 is 15.1. The molecule has 1 heterocycles. The maximum atomic E-state index is 13.0. The zero-order chi connectivity index (χ0) is 14.7. The van der Waals surface area contributed by atoms with Gasteiger partial charge in [-0.1, -0.05) is 26.0 Å². The van der Waals surface area contributed by atoms with E-state index in [0.29, 0.717) is 5.92 Å². The van der Waals surface area contributed by atoms with Gasteiger partial charge in [-0.15, -0.1) is 0 Å². The van der Waals surface area contributed by atoms with Gasteiger partial charge in [0.1, 0.15) is 5.82 Å². The van der Waals surface area contributed by atoms with E-state index in [1.54, 1.807) is 18.5 Å². The zero-order valence-corrected chi connectivity index (χ0v) is 12.3. The first-order valence-corrected chi connectivity index (χ1v) is 7.01. The number of imidazole rings is 1. The fourth-order valence-electron chi connectivity index (χ4n) is 2.46. The van der Waals surface area contributed by atoms with Gasteiger partial charge < -0.3 is 10.3 Å². The first-order valence-electron chi connectivity index (χ1n) is 7.01. The van der Waals surface area contributed by atoms with Gasteiger partial charge in [-0.2, -0.15) is 0 Å². The third-order valence-corrected chi connectivity index (χ3v) is 3.57. The average Bonchev–Trinajstić information content (AvgIpc) is 2.87. The molecule has 0 aliphatic carbocycles. The molecule has 0 saturated heterocycles. The lowest BCUT2D eigenvalue weighted by atomic mass is 10.0. The highest BCUT2D eigenvalue weighted by Gasteiger charge is 2.17. The summed E-state index contributed by atoms with van der Waals surface area (Å²) in [5, 5.41) is 0. The second-order valence-electron chi connectivity index (χ2n) is 5.69. The van der Waals surface area contributed by atoms with E-state index in [-0.39, 0.29) is 17.9 Å². The Morgan fingerprint density at radius 1 is 1.20 bits per heavy atom. The minimum absolute atomic E-state index is 0.0274. The summed E-state index contributed by atoms with van der Waals surface area (Å²) in [6.07, 6.45) is 4.54. The third-order valence-electron chi connectivity index (χ3n) is 3.57. The van der Waals surface area contributed by atoms with Crippen molar-refractivity contribution in [3.8, 4) is 0 Å². The van der Waals surface area contributed by atoms with E-state index in [1.807, 2.05) is 6.20 Å². The molecule has 2 aromatic rings. The van der Waals surface area contributed by atoms with Crippen molar-refractivity contribution < 1.29 is 4.39 Å². The van der Waals surface area contributed by atoms with Crippen LogP contribution in [0.2, 0.25) is 0 Å².